The summed E-state index contributed by atoms with van der Waals surface area (Å²) in [7, 11) is 0. The normalized spacial score (nSPS) is 11.7. The predicted molar refractivity (Wildman–Crippen MR) is 70.7 cm³/mol. The van der Waals surface area contributed by atoms with Crippen molar-refractivity contribution in [1.29, 1.82) is 0 Å². The zero-order valence-corrected chi connectivity index (χ0v) is 10.8. The molecular weight excluding hydrogens is 275 g/mol. The molecule has 0 fully saturated rings. The SMILES string of the molecule is Oc1cccc(Cl)c1Cl.c1ccc2c(c1)OCO2. The lowest BCUT2D eigenvalue weighted by Crippen LogP contribution is -1.92. The molecule has 94 valence electrons. The summed E-state index contributed by atoms with van der Waals surface area (Å²) < 4.78 is 10.2. The summed E-state index contributed by atoms with van der Waals surface area (Å²) in [6.45, 7) is 0.360. The van der Waals surface area contributed by atoms with E-state index in [9.17, 15) is 0 Å². The summed E-state index contributed by atoms with van der Waals surface area (Å²) in [6.07, 6.45) is 0. The van der Waals surface area contributed by atoms with Crippen LogP contribution in [0.1, 0.15) is 0 Å². The number of benzene rings is 2. The van der Waals surface area contributed by atoms with E-state index in [0.29, 0.717) is 11.8 Å². The first kappa shape index (κ1) is 12.9. The van der Waals surface area contributed by atoms with Crippen LogP contribution in [0.15, 0.2) is 42.5 Å². The molecule has 0 unspecified atom stereocenters. The van der Waals surface area contributed by atoms with Crippen molar-refractivity contribution in [3.8, 4) is 17.2 Å². The van der Waals surface area contributed by atoms with Gasteiger partial charge in [-0.25, -0.2) is 0 Å². The van der Waals surface area contributed by atoms with Crippen molar-refractivity contribution in [3.63, 3.8) is 0 Å². The Kier molecular flexibility index (Phi) is 4.18. The van der Waals surface area contributed by atoms with Gasteiger partial charge in [0.05, 0.1) is 5.02 Å². The fourth-order valence-electron chi connectivity index (χ4n) is 1.34. The molecular formula is C13H10Cl2O3. The fraction of sp³-hybridized carbons (Fsp3) is 0.0769. The van der Waals surface area contributed by atoms with Crippen LogP contribution >= 0.6 is 23.2 Å². The molecule has 0 radical (unpaired) electrons. The van der Waals surface area contributed by atoms with Crippen LogP contribution in [-0.4, -0.2) is 11.9 Å². The standard InChI is InChI=1S/C7H6O2.C6H4Cl2O/c1-2-4-7-6(3-1)8-5-9-7;7-4-2-1-3-5(9)6(4)8/h1-4H,5H2;1-3,9H. The van der Waals surface area contributed by atoms with Crippen LogP contribution in [0.4, 0.5) is 0 Å². The maximum atomic E-state index is 8.88. The van der Waals surface area contributed by atoms with Crippen LogP contribution in [0.3, 0.4) is 0 Å². The summed E-state index contributed by atoms with van der Waals surface area (Å²) in [6, 6.07) is 12.4. The Morgan fingerprint density at radius 3 is 2.00 bits per heavy atom. The summed E-state index contributed by atoms with van der Waals surface area (Å²) in [5.74, 6) is 1.71. The monoisotopic (exact) mass is 284 g/mol. The van der Waals surface area contributed by atoms with Gasteiger partial charge in [-0.2, -0.15) is 0 Å². The third-order valence-corrected chi connectivity index (χ3v) is 3.02. The third kappa shape index (κ3) is 3.00. The van der Waals surface area contributed by atoms with Gasteiger partial charge >= 0.3 is 0 Å². The number of phenolic OH excluding ortho intramolecular Hbond substituents is 1. The second kappa shape index (κ2) is 5.85. The topological polar surface area (TPSA) is 38.7 Å². The van der Waals surface area contributed by atoms with Gasteiger partial charge in [0, 0.05) is 0 Å². The van der Waals surface area contributed by atoms with Gasteiger partial charge in [-0.05, 0) is 24.3 Å². The molecule has 0 saturated carbocycles. The first-order valence-electron chi connectivity index (χ1n) is 5.16. The highest BCUT2D eigenvalue weighted by Crippen LogP contribution is 2.30. The molecule has 3 nitrogen and oxygen atoms in total. The van der Waals surface area contributed by atoms with E-state index in [-0.39, 0.29) is 10.8 Å². The molecule has 2 aromatic rings. The second-order valence-corrected chi connectivity index (χ2v) is 4.21. The van der Waals surface area contributed by atoms with E-state index in [1.807, 2.05) is 24.3 Å². The summed E-state index contributed by atoms with van der Waals surface area (Å²) in [4.78, 5) is 0. The first-order chi connectivity index (χ1) is 8.68. The Balaban J connectivity index is 0.000000134. The second-order valence-electron chi connectivity index (χ2n) is 3.43. The van der Waals surface area contributed by atoms with E-state index in [4.69, 9.17) is 37.8 Å². The number of rotatable bonds is 0. The molecule has 1 aliphatic heterocycles. The average molecular weight is 285 g/mol. The molecule has 0 saturated heterocycles. The van der Waals surface area contributed by atoms with Gasteiger partial charge in [-0.1, -0.05) is 41.4 Å². The predicted octanol–water partition coefficient (Wildman–Crippen LogP) is 4.11. The van der Waals surface area contributed by atoms with Crippen LogP contribution in [0.5, 0.6) is 17.2 Å². The highest BCUT2D eigenvalue weighted by Gasteiger charge is 2.09. The molecule has 18 heavy (non-hydrogen) atoms. The van der Waals surface area contributed by atoms with Crippen LogP contribution in [0.25, 0.3) is 0 Å². The molecule has 2 aromatic carbocycles. The Bertz CT molecular complexity index is 500. The van der Waals surface area contributed by atoms with Gasteiger partial charge < -0.3 is 14.6 Å². The number of aromatic hydroxyl groups is 1. The van der Waals surface area contributed by atoms with Crippen molar-refractivity contribution >= 4 is 23.2 Å². The van der Waals surface area contributed by atoms with Crippen molar-refractivity contribution in [1.82, 2.24) is 0 Å². The number of phenols is 1. The van der Waals surface area contributed by atoms with Gasteiger partial charge in [0.15, 0.2) is 11.5 Å². The zero-order valence-electron chi connectivity index (χ0n) is 9.27. The minimum Gasteiger partial charge on any atom is -0.506 e. The summed E-state index contributed by atoms with van der Waals surface area (Å²) >= 11 is 11.0. The van der Waals surface area contributed by atoms with Gasteiger partial charge in [0.2, 0.25) is 6.79 Å². The summed E-state index contributed by atoms with van der Waals surface area (Å²) in [5.41, 5.74) is 0. The lowest BCUT2D eigenvalue weighted by atomic mass is 10.3. The molecule has 0 amide bonds. The number of hydrogen-bond acceptors (Lipinski definition) is 3. The zero-order chi connectivity index (χ0) is 13.0. The van der Waals surface area contributed by atoms with Gasteiger partial charge in [-0.15, -0.1) is 0 Å². The molecule has 0 aliphatic carbocycles. The molecule has 1 N–H and O–H groups in total. The van der Waals surface area contributed by atoms with E-state index >= 15 is 0 Å². The minimum absolute atomic E-state index is 0.0177. The first-order valence-corrected chi connectivity index (χ1v) is 5.91. The van der Waals surface area contributed by atoms with Crippen LogP contribution in [0.2, 0.25) is 10.0 Å². The van der Waals surface area contributed by atoms with Gasteiger partial charge in [0.1, 0.15) is 10.8 Å². The molecule has 1 aliphatic rings. The van der Waals surface area contributed by atoms with E-state index in [1.54, 1.807) is 12.1 Å². The van der Waals surface area contributed by atoms with Crippen molar-refractivity contribution < 1.29 is 14.6 Å². The maximum absolute atomic E-state index is 8.88. The molecule has 0 bridgehead atoms. The lowest BCUT2D eigenvalue weighted by molar-refractivity contribution is 0.174. The van der Waals surface area contributed by atoms with E-state index < -0.39 is 0 Å². The Hall–Kier alpha value is -1.58. The Labute approximate surface area is 114 Å². The van der Waals surface area contributed by atoms with Crippen molar-refractivity contribution in [3.05, 3.63) is 52.5 Å². The number of halogens is 2. The van der Waals surface area contributed by atoms with Crippen molar-refractivity contribution in [2.45, 2.75) is 0 Å². The maximum Gasteiger partial charge on any atom is 0.231 e. The van der Waals surface area contributed by atoms with Crippen LogP contribution in [0, 0.1) is 0 Å². The van der Waals surface area contributed by atoms with Crippen molar-refractivity contribution in [2.75, 3.05) is 6.79 Å². The Morgan fingerprint density at radius 2 is 1.50 bits per heavy atom. The molecule has 0 aromatic heterocycles. The number of fused-ring (bicyclic) bond motifs is 1. The largest absolute Gasteiger partial charge is 0.506 e. The molecule has 5 heteroatoms. The molecule has 0 atom stereocenters. The number of hydrogen-bond donors (Lipinski definition) is 1. The number of ether oxygens (including phenoxy) is 2. The Morgan fingerprint density at radius 1 is 0.889 bits per heavy atom. The quantitative estimate of drug-likeness (QED) is 0.791. The highest BCUT2D eigenvalue weighted by molar-refractivity contribution is 6.42. The van der Waals surface area contributed by atoms with Crippen LogP contribution < -0.4 is 9.47 Å². The minimum atomic E-state index is 0.0177. The van der Waals surface area contributed by atoms with E-state index in [1.165, 1.54) is 6.07 Å². The lowest BCUT2D eigenvalue weighted by Gasteiger charge is -1.95. The van der Waals surface area contributed by atoms with Gasteiger partial charge in [-0.3, -0.25) is 0 Å². The van der Waals surface area contributed by atoms with Crippen molar-refractivity contribution in [2.24, 2.45) is 0 Å². The number of para-hydroxylation sites is 2. The van der Waals surface area contributed by atoms with E-state index in [2.05, 4.69) is 0 Å². The third-order valence-electron chi connectivity index (χ3n) is 2.21. The fourth-order valence-corrected chi connectivity index (χ4v) is 1.63. The van der Waals surface area contributed by atoms with E-state index in [0.717, 1.165) is 11.5 Å². The smallest absolute Gasteiger partial charge is 0.231 e. The van der Waals surface area contributed by atoms with Gasteiger partial charge in [0.25, 0.3) is 0 Å². The highest BCUT2D eigenvalue weighted by atomic mass is 35.5. The molecule has 0 spiro atoms. The summed E-state index contributed by atoms with van der Waals surface area (Å²) in [5, 5.41) is 9.46. The molecule has 3 rings (SSSR count). The molecule has 1 heterocycles. The van der Waals surface area contributed by atoms with Crippen LogP contribution in [-0.2, 0) is 0 Å². The average Bonchev–Trinajstić information content (AvgIpc) is 2.85.